The Bertz CT molecular complexity index is 1310. The van der Waals surface area contributed by atoms with Crippen molar-refractivity contribution in [1.29, 1.82) is 0 Å². The number of hydrogen-bond acceptors (Lipinski definition) is 6. The number of rotatable bonds is 7. The molecule has 0 saturated carbocycles. The highest BCUT2D eigenvalue weighted by Gasteiger charge is 2.36. The predicted octanol–water partition coefficient (Wildman–Crippen LogP) is 3.87. The molecule has 2 aromatic carbocycles. The highest BCUT2D eigenvalue weighted by atomic mass is 32.2. The van der Waals surface area contributed by atoms with Gasteiger partial charge < -0.3 is 9.64 Å². The molecule has 1 aromatic heterocycles. The quantitative estimate of drug-likeness (QED) is 0.477. The number of fused-ring (bicyclic) bond motifs is 1. The number of nitrogens with zero attached hydrogens (tertiary/aromatic N) is 2. The van der Waals surface area contributed by atoms with E-state index in [9.17, 15) is 18.0 Å². The Morgan fingerprint density at radius 3 is 2.50 bits per heavy atom. The van der Waals surface area contributed by atoms with Gasteiger partial charge in [-0.2, -0.15) is 0 Å². The third kappa shape index (κ3) is 5.12. The SMILES string of the molecule is CCC(C)N(C(=O)COC(=O)c1cc(-c2ccccc2)nc2ccccc12)C1CCS(=O)(=O)C1. The number of benzene rings is 2. The average molecular weight is 481 g/mol. The summed E-state index contributed by atoms with van der Waals surface area (Å²) in [5.74, 6) is -0.978. The Morgan fingerprint density at radius 2 is 1.82 bits per heavy atom. The molecule has 1 fully saturated rings. The van der Waals surface area contributed by atoms with Gasteiger partial charge in [-0.1, -0.05) is 55.5 Å². The summed E-state index contributed by atoms with van der Waals surface area (Å²) in [5.41, 5.74) is 2.48. The van der Waals surface area contributed by atoms with E-state index in [1.807, 2.05) is 62.4 Å². The largest absolute Gasteiger partial charge is 0.452 e. The van der Waals surface area contributed by atoms with Crippen LogP contribution in [-0.4, -0.2) is 60.4 Å². The second kappa shape index (κ2) is 9.93. The summed E-state index contributed by atoms with van der Waals surface area (Å²) in [5, 5.41) is 0.639. The molecule has 0 bridgehead atoms. The summed E-state index contributed by atoms with van der Waals surface area (Å²) in [4.78, 5) is 32.4. The highest BCUT2D eigenvalue weighted by Crippen LogP contribution is 2.26. The van der Waals surface area contributed by atoms with Gasteiger partial charge in [-0.3, -0.25) is 4.79 Å². The van der Waals surface area contributed by atoms with Crippen molar-refractivity contribution in [2.45, 2.75) is 38.8 Å². The van der Waals surface area contributed by atoms with Crippen molar-refractivity contribution >= 4 is 32.6 Å². The van der Waals surface area contributed by atoms with E-state index in [4.69, 9.17) is 4.74 Å². The fourth-order valence-electron chi connectivity index (χ4n) is 4.38. The van der Waals surface area contributed by atoms with Crippen LogP contribution in [0.4, 0.5) is 0 Å². The normalized spacial score (nSPS) is 17.9. The van der Waals surface area contributed by atoms with Crippen molar-refractivity contribution in [3.63, 3.8) is 0 Å². The van der Waals surface area contributed by atoms with Gasteiger partial charge in [-0.25, -0.2) is 18.2 Å². The van der Waals surface area contributed by atoms with Crippen molar-refractivity contribution < 1.29 is 22.7 Å². The van der Waals surface area contributed by atoms with E-state index in [1.165, 1.54) is 0 Å². The molecule has 178 valence electrons. The molecular formula is C26H28N2O5S. The maximum Gasteiger partial charge on any atom is 0.339 e. The van der Waals surface area contributed by atoms with Crippen LogP contribution in [-0.2, 0) is 19.4 Å². The number of aromatic nitrogens is 1. The van der Waals surface area contributed by atoms with Crippen LogP contribution in [0.5, 0.6) is 0 Å². The number of sulfone groups is 1. The van der Waals surface area contributed by atoms with E-state index in [1.54, 1.807) is 17.0 Å². The molecule has 2 heterocycles. The van der Waals surface area contributed by atoms with Gasteiger partial charge in [0.15, 0.2) is 16.4 Å². The highest BCUT2D eigenvalue weighted by molar-refractivity contribution is 7.91. The van der Waals surface area contributed by atoms with Crippen LogP contribution in [0.15, 0.2) is 60.7 Å². The van der Waals surface area contributed by atoms with E-state index in [-0.39, 0.29) is 23.5 Å². The summed E-state index contributed by atoms with van der Waals surface area (Å²) < 4.78 is 29.4. The maximum atomic E-state index is 13.1. The second-order valence-corrected chi connectivity index (χ2v) is 10.9. The van der Waals surface area contributed by atoms with Crippen molar-refractivity contribution in [2.75, 3.05) is 18.1 Å². The van der Waals surface area contributed by atoms with Gasteiger partial charge in [-0.05, 0) is 31.9 Å². The lowest BCUT2D eigenvalue weighted by molar-refractivity contribution is -0.138. The molecule has 1 aliphatic heterocycles. The van der Waals surface area contributed by atoms with E-state index in [0.717, 1.165) is 5.56 Å². The molecule has 34 heavy (non-hydrogen) atoms. The van der Waals surface area contributed by atoms with Crippen LogP contribution >= 0.6 is 0 Å². The lowest BCUT2D eigenvalue weighted by Crippen LogP contribution is -2.48. The zero-order valence-corrected chi connectivity index (χ0v) is 20.1. The minimum Gasteiger partial charge on any atom is -0.452 e. The number of carbonyl (C=O) groups is 2. The number of esters is 1. The molecule has 7 nitrogen and oxygen atoms in total. The number of carbonyl (C=O) groups excluding carboxylic acids is 2. The fourth-order valence-corrected chi connectivity index (χ4v) is 6.09. The monoisotopic (exact) mass is 480 g/mol. The molecule has 2 atom stereocenters. The minimum atomic E-state index is -3.15. The Balaban J connectivity index is 1.57. The van der Waals surface area contributed by atoms with Gasteiger partial charge in [0.25, 0.3) is 5.91 Å². The second-order valence-electron chi connectivity index (χ2n) is 8.63. The van der Waals surface area contributed by atoms with Gasteiger partial charge in [0.1, 0.15) is 0 Å². The molecule has 1 saturated heterocycles. The molecule has 0 spiro atoms. The lowest BCUT2D eigenvalue weighted by Gasteiger charge is -2.33. The third-order valence-electron chi connectivity index (χ3n) is 6.29. The number of pyridine rings is 1. The summed E-state index contributed by atoms with van der Waals surface area (Å²) >= 11 is 0. The van der Waals surface area contributed by atoms with Crippen LogP contribution in [0.3, 0.4) is 0 Å². The van der Waals surface area contributed by atoms with Gasteiger partial charge >= 0.3 is 5.97 Å². The standard InChI is InChI=1S/C26H28N2O5S/c1-3-18(2)28(20-13-14-34(31,32)17-20)25(29)16-33-26(30)22-15-24(19-9-5-4-6-10-19)27-23-12-8-7-11-21(22)23/h4-12,15,18,20H,3,13-14,16-17H2,1-2H3. The van der Waals surface area contributed by atoms with Crippen LogP contribution in [0.25, 0.3) is 22.2 Å². The first-order chi connectivity index (χ1) is 16.3. The Hall–Kier alpha value is -3.26. The van der Waals surface area contributed by atoms with Gasteiger partial charge in [0.2, 0.25) is 0 Å². The lowest BCUT2D eigenvalue weighted by atomic mass is 10.0. The third-order valence-corrected chi connectivity index (χ3v) is 8.04. The molecule has 4 rings (SSSR count). The molecule has 0 aliphatic carbocycles. The van der Waals surface area contributed by atoms with E-state index >= 15 is 0 Å². The molecule has 2 unspecified atom stereocenters. The topological polar surface area (TPSA) is 93.6 Å². The van der Waals surface area contributed by atoms with E-state index < -0.39 is 28.5 Å². The first-order valence-electron chi connectivity index (χ1n) is 11.4. The molecule has 0 radical (unpaired) electrons. The van der Waals surface area contributed by atoms with Crippen LogP contribution in [0.2, 0.25) is 0 Å². The number of amides is 1. The fraction of sp³-hybridized carbons (Fsp3) is 0.346. The first-order valence-corrected chi connectivity index (χ1v) is 13.2. The van der Waals surface area contributed by atoms with Crippen molar-refractivity contribution in [3.05, 3.63) is 66.2 Å². The molecule has 3 aromatic rings. The predicted molar refractivity (Wildman–Crippen MR) is 131 cm³/mol. The number of ether oxygens (including phenoxy) is 1. The Kier molecular flexibility index (Phi) is 6.97. The molecule has 1 amide bonds. The Morgan fingerprint density at radius 1 is 1.12 bits per heavy atom. The summed E-state index contributed by atoms with van der Waals surface area (Å²) in [6.45, 7) is 3.37. The van der Waals surface area contributed by atoms with Crippen LogP contribution in [0.1, 0.15) is 37.0 Å². The zero-order valence-electron chi connectivity index (χ0n) is 19.3. The first kappa shape index (κ1) is 23.9. The summed E-state index contributed by atoms with van der Waals surface area (Å²) in [6, 6.07) is 18.0. The van der Waals surface area contributed by atoms with Crippen molar-refractivity contribution in [3.8, 4) is 11.3 Å². The van der Waals surface area contributed by atoms with Gasteiger partial charge in [0, 0.05) is 23.0 Å². The summed E-state index contributed by atoms with van der Waals surface area (Å²) in [6.07, 6.45) is 1.08. The number of para-hydroxylation sites is 1. The van der Waals surface area contributed by atoms with E-state index in [0.29, 0.717) is 35.0 Å². The maximum absolute atomic E-state index is 13.1. The Labute approximate surface area is 199 Å². The van der Waals surface area contributed by atoms with Crippen LogP contribution < -0.4 is 0 Å². The summed E-state index contributed by atoms with van der Waals surface area (Å²) in [7, 11) is -3.15. The zero-order chi connectivity index (χ0) is 24.3. The molecule has 8 heteroatoms. The van der Waals surface area contributed by atoms with Gasteiger partial charge in [0.05, 0.1) is 28.3 Å². The van der Waals surface area contributed by atoms with Gasteiger partial charge in [-0.15, -0.1) is 0 Å². The minimum absolute atomic E-state index is 0.0492. The number of hydrogen-bond donors (Lipinski definition) is 0. The molecular weight excluding hydrogens is 452 g/mol. The smallest absolute Gasteiger partial charge is 0.339 e. The molecule has 0 N–H and O–H groups in total. The van der Waals surface area contributed by atoms with Crippen LogP contribution in [0, 0.1) is 0 Å². The van der Waals surface area contributed by atoms with Crippen molar-refractivity contribution in [2.24, 2.45) is 0 Å². The van der Waals surface area contributed by atoms with E-state index in [2.05, 4.69) is 4.98 Å². The molecule has 1 aliphatic rings. The average Bonchev–Trinajstić information content (AvgIpc) is 3.21. The van der Waals surface area contributed by atoms with Crippen molar-refractivity contribution in [1.82, 2.24) is 9.88 Å².